The summed E-state index contributed by atoms with van der Waals surface area (Å²) in [6.45, 7) is 2.00. The highest BCUT2D eigenvalue weighted by molar-refractivity contribution is 6.41. The Balaban J connectivity index is 1.37. The van der Waals surface area contributed by atoms with Crippen LogP contribution in [-0.2, 0) is 6.42 Å². The quantitative estimate of drug-likeness (QED) is 0.217. The number of aliphatic hydroxyl groups excluding tert-OH is 1. The number of rotatable bonds is 7. The lowest BCUT2D eigenvalue weighted by Gasteiger charge is -2.28. The molecule has 5 rings (SSSR count). The summed E-state index contributed by atoms with van der Waals surface area (Å²) in [7, 11) is 0. The Morgan fingerprint density at radius 1 is 0.973 bits per heavy atom. The topological polar surface area (TPSA) is 62.5 Å². The maximum absolute atomic E-state index is 10.9. The molecule has 0 amide bonds. The second-order valence-electron chi connectivity index (χ2n) is 9.46. The van der Waals surface area contributed by atoms with Crippen molar-refractivity contribution in [3.63, 3.8) is 0 Å². The molecule has 0 saturated heterocycles. The molecule has 0 spiro atoms. The monoisotopic (exact) mass is 575 g/mol. The molecule has 37 heavy (non-hydrogen) atoms. The van der Waals surface area contributed by atoms with Crippen LogP contribution in [0, 0.1) is 18.3 Å². The smallest absolute Gasteiger partial charge is 0.127 e. The van der Waals surface area contributed by atoms with Crippen LogP contribution in [0.25, 0.3) is 0 Å². The molecule has 1 aliphatic heterocycles. The van der Waals surface area contributed by atoms with E-state index in [0.717, 1.165) is 31.4 Å². The van der Waals surface area contributed by atoms with Gasteiger partial charge in [0.15, 0.2) is 0 Å². The number of fused-ring (bicyclic) bond motifs is 1. The van der Waals surface area contributed by atoms with Crippen LogP contribution in [0.5, 0.6) is 11.5 Å². The molecule has 1 fully saturated rings. The minimum atomic E-state index is -0.269. The summed E-state index contributed by atoms with van der Waals surface area (Å²) in [4.78, 5) is 0. The number of nitrogens with one attached hydrogen (secondary N) is 1. The van der Waals surface area contributed by atoms with E-state index in [2.05, 4.69) is 13.0 Å². The fraction of sp³-hybridized carbons (Fsp3) is 0.276. The van der Waals surface area contributed by atoms with Gasteiger partial charge in [-0.2, -0.15) is 0 Å². The van der Waals surface area contributed by atoms with Crippen LogP contribution in [0.15, 0.2) is 59.9 Å². The Hall–Kier alpha value is -2.37. The van der Waals surface area contributed by atoms with Crippen LogP contribution < -0.4 is 9.47 Å². The number of aliphatic hydroxyl groups is 1. The summed E-state index contributed by atoms with van der Waals surface area (Å²) in [5.41, 5.74) is 3.81. The summed E-state index contributed by atoms with van der Waals surface area (Å²) in [5, 5.41) is 21.2. The Morgan fingerprint density at radius 2 is 1.65 bits per heavy atom. The minimum Gasteiger partial charge on any atom is -0.512 e. The van der Waals surface area contributed by atoms with Gasteiger partial charge in [0.1, 0.15) is 30.0 Å². The zero-order valence-electron chi connectivity index (χ0n) is 20.1. The fourth-order valence-corrected chi connectivity index (χ4v) is 5.89. The van der Waals surface area contributed by atoms with E-state index in [0.29, 0.717) is 42.5 Å². The molecule has 0 aromatic heterocycles. The fourth-order valence-electron chi connectivity index (χ4n) is 4.59. The molecule has 3 aromatic rings. The highest BCUT2D eigenvalue weighted by Gasteiger charge is 2.31. The zero-order valence-corrected chi connectivity index (χ0v) is 23.1. The van der Waals surface area contributed by atoms with Gasteiger partial charge in [-0.1, -0.05) is 70.2 Å². The average molecular weight is 577 g/mol. The van der Waals surface area contributed by atoms with Gasteiger partial charge in [-0.05, 0) is 68.5 Å². The molecule has 1 saturated carbocycles. The van der Waals surface area contributed by atoms with Crippen LogP contribution >= 0.6 is 46.4 Å². The molecule has 3 aromatic carbocycles. The van der Waals surface area contributed by atoms with Crippen LogP contribution in [-0.4, -0.2) is 17.4 Å². The van der Waals surface area contributed by atoms with Crippen molar-refractivity contribution in [2.45, 2.75) is 38.7 Å². The summed E-state index contributed by atoms with van der Waals surface area (Å²) in [6, 6.07) is 14.6. The number of hydrogen-bond acceptors (Lipinski definition) is 4. The Kier molecular flexibility index (Phi) is 7.65. The number of aryl methyl sites for hydroxylation is 2. The van der Waals surface area contributed by atoms with Crippen LogP contribution in [0.3, 0.4) is 0 Å². The van der Waals surface area contributed by atoms with E-state index in [1.165, 1.54) is 11.1 Å². The maximum atomic E-state index is 10.9. The lowest BCUT2D eigenvalue weighted by Crippen LogP contribution is -2.17. The van der Waals surface area contributed by atoms with Crippen molar-refractivity contribution in [3.05, 3.63) is 102 Å². The van der Waals surface area contributed by atoms with Gasteiger partial charge in [-0.25, -0.2) is 0 Å². The second kappa shape index (κ2) is 10.8. The summed E-state index contributed by atoms with van der Waals surface area (Å²) >= 11 is 26.0. The predicted molar refractivity (Wildman–Crippen MR) is 150 cm³/mol. The van der Waals surface area contributed by atoms with Crippen molar-refractivity contribution in [1.82, 2.24) is 0 Å². The molecule has 0 radical (unpaired) electrons. The second-order valence-corrected chi connectivity index (χ2v) is 11.1. The number of halogens is 4. The van der Waals surface area contributed by atoms with E-state index in [9.17, 15) is 5.11 Å². The Labute approximate surface area is 236 Å². The maximum Gasteiger partial charge on any atom is 0.127 e. The SMILES string of the molecule is Cc1ccc2c(c1)CCC(c1c(Cl)cc(OC/C(C(=N)c3c(Cl)cccc3Cl)=C(/O)C3CC3)cc1Cl)O2. The van der Waals surface area contributed by atoms with Gasteiger partial charge >= 0.3 is 0 Å². The van der Waals surface area contributed by atoms with E-state index in [-0.39, 0.29) is 30.1 Å². The van der Waals surface area contributed by atoms with E-state index < -0.39 is 0 Å². The third-order valence-electron chi connectivity index (χ3n) is 6.71. The molecule has 0 bridgehead atoms. The largest absolute Gasteiger partial charge is 0.512 e. The van der Waals surface area contributed by atoms with Gasteiger partial charge in [0.05, 0.1) is 31.4 Å². The van der Waals surface area contributed by atoms with Gasteiger partial charge < -0.3 is 14.6 Å². The number of ether oxygens (including phenoxy) is 2. The third kappa shape index (κ3) is 5.58. The summed E-state index contributed by atoms with van der Waals surface area (Å²) < 4.78 is 12.2. The normalized spacial score (nSPS) is 17.5. The van der Waals surface area contributed by atoms with Crippen molar-refractivity contribution in [1.29, 1.82) is 5.41 Å². The molecule has 1 atom stereocenters. The van der Waals surface area contributed by atoms with Crippen LogP contribution in [0.2, 0.25) is 20.1 Å². The van der Waals surface area contributed by atoms with Crippen LogP contribution in [0.4, 0.5) is 0 Å². The van der Waals surface area contributed by atoms with Crippen molar-refractivity contribution >= 4 is 52.1 Å². The first kappa shape index (κ1) is 26.2. The molecular weight excluding hydrogens is 552 g/mol. The molecular formula is C29H25Cl4NO3. The predicted octanol–water partition coefficient (Wildman–Crippen LogP) is 9.34. The number of allylic oxidation sites excluding steroid dienone is 1. The first-order chi connectivity index (χ1) is 17.7. The highest BCUT2D eigenvalue weighted by Crippen LogP contribution is 2.43. The summed E-state index contributed by atoms with van der Waals surface area (Å²) in [5.74, 6) is 1.39. The third-order valence-corrected chi connectivity index (χ3v) is 7.96. The van der Waals surface area contributed by atoms with E-state index in [1.54, 1.807) is 30.3 Å². The zero-order chi connectivity index (χ0) is 26.3. The molecule has 1 aliphatic carbocycles. The van der Waals surface area contributed by atoms with Gasteiger partial charge in [-0.15, -0.1) is 0 Å². The van der Waals surface area contributed by atoms with Gasteiger partial charge in [0.2, 0.25) is 0 Å². The Bertz CT molecular complexity index is 1370. The van der Waals surface area contributed by atoms with E-state index in [4.69, 9.17) is 61.3 Å². The van der Waals surface area contributed by atoms with Crippen LogP contribution in [0.1, 0.15) is 47.6 Å². The van der Waals surface area contributed by atoms with Gasteiger partial charge in [0, 0.05) is 17.0 Å². The molecule has 192 valence electrons. The van der Waals surface area contributed by atoms with Gasteiger partial charge in [0.25, 0.3) is 0 Å². The molecule has 2 aliphatic rings. The van der Waals surface area contributed by atoms with Crippen molar-refractivity contribution in [3.8, 4) is 11.5 Å². The molecule has 8 heteroatoms. The lowest BCUT2D eigenvalue weighted by atomic mass is 9.96. The number of benzene rings is 3. The van der Waals surface area contributed by atoms with E-state index in [1.807, 2.05) is 12.1 Å². The van der Waals surface area contributed by atoms with E-state index >= 15 is 0 Å². The van der Waals surface area contributed by atoms with Crippen molar-refractivity contribution in [2.24, 2.45) is 5.92 Å². The average Bonchev–Trinajstić information content (AvgIpc) is 3.69. The molecule has 2 N–H and O–H groups in total. The van der Waals surface area contributed by atoms with Crippen molar-refractivity contribution < 1.29 is 14.6 Å². The number of hydrogen-bond donors (Lipinski definition) is 2. The molecule has 1 unspecified atom stereocenters. The minimum absolute atomic E-state index is 0.00452. The van der Waals surface area contributed by atoms with Crippen molar-refractivity contribution in [2.75, 3.05) is 6.61 Å². The summed E-state index contributed by atoms with van der Waals surface area (Å²) in [6.07, 6.45) is 3.07. The Morgan fingerprint density at radius 3 is 2.30 bits per heavy atom. The first-order valence-electron chi connectivity index (χ1n) is 12.1. The standard InChI is InChI=1S/C29H25Cl4NO3/c1-15-5-9-24-17(11-15)8-10-25(37-24)26-22(32)12-18(13-23(26)33)36-14-19(29(35)16-6-7-16)28(34)27-20(30)3-2-4-21(27)31/h2-5,9,11-13,16,25,34-35H,6-8,10,14H2,1H3/b29-19-,34-28?. The molecule has 1 heterocycles. The lowest BCUT2D eigenvalue weighted by molar-refractivity contribution is 0.176. The first-order valence-corrected chi connectivity index (χ1v) is 13.6. The van der Waals surface area contributed by atoms with Gasteiger partial charge in [-0.3, -0.25) is 5.41 Å². The molecule has 4 nitrogen and oxygen atoms in total. The highest BCUT2D eigenvalue weighted by atomic mass is 35.5.